The third-order valence-electron chi connectivity index (χ3n) is 3.89. The monoisotopic (exact) mass is 280 g/mol. The highest BCUT2D eigenvalue weighted by Gasteiger charge is 2.34. The number of nitrogens with zero attached hydrogens (tertiary/aromatic N) is 2. The molecule has 1 amide bonds. The normalized spacial score (nSPS) is 17.6. The maximum Gasteiger partial charge on any atom is 0.232 e. The third-order valence-corrected chi connectivity index (χ3v) is 4.14. The van der Waals surface area contributed by atoms with Crippen molar-refractivity contribution < 1.29 is 4.79 Å². The summed E-state index contributed by atoms with van der Waals surface area (Å²) in [6.07, 6.45) is 0. The first-order valence-corrected chi connectivity index (χ1v) is 7.03. The fraction of sp³-hybridized carbons (Fsp3) is 0.533. The lowest BCUT2D eigenvalue weighted by Gasteiger charge is -2.37. The van der Waals surface area contributed by atoms with Crippen LogP contribution in [0.15, 0.2) is 24.3 Å². The van der Waals surface area contributed by atoms with E-state index in [1.54, 1.807) is 0 Å². The van der Waals surface area contributed by atoms with Crippen LogP contribution in [0.5, 0.6) is 0 Å². The Bertz CT molecular complexity index is 448. The molecule has 1 heterocycles. The van der Waals surface area contributed by atoms with Gasteiger partial charge in [0.2, 0.25) is 5.91 Å². The van der Waals surface area contributed by atoms with Crippen LogP contribution in [-0.4, -0.2) is 48.9 Å². The van der Waals surface area contributed by atoms with Crippen molar-refractivity contribution in [3.05, 3.63) is 34.9 Å². The van der Waals surface area contributed by atoms with Crippen LogP contribution >= 0.6 is 11.6 Å². The molecular formula is C15H21ClN2O. The first kappa shape index (κ1) is 14.4. The lowest BCUT2D eigenvalue weighted by atomic mass is 9.83. The Labute approximate surface area is 120 Å². The van der Waals surface area contributed by atoms with Gasteiger partial charge in [0.1, 0.15) is 0 Å². The Morgan fingerprint density at radius 2 is 1.63 bits per heavy atom. The van der Waals surface area contributed by atoms with Crippen molar-refractivity contribution >= 4 is 17.5 Å². The van der Waals surface area contributed by atoms with Crippen LogP contribution in [0.2, 0.25) is 5.02 Å². The smallest absolute Gasteiger partial charge is 0.232 e. The minimum Gasteiger partial charge on any atom is -0.339 e. The highest BCUT2D eigenvalue weighted by atomic mass is 35.5. The zero-order chi connectivity index (χ0) is 14.0. The summed E-state index contributed by atoms with van der Waals surface area (Å²) in [6, 6.07) is 7.57. The van der Waals surface area contributed by atoms with Crippen LogP contribution in [0.1, 0.15) is 19.4 Å². The lowest BCUT2D eigenvalue weighted by molar-refractivity contribution is -0.137. The van der Waals surface area contributed by atoms with Gasteiger partial charge in [0.15, 0.2) is 0 Å². The molecule has 0 atom stereocenters. The van der Waals surface area contributed by atoms with Gasteiger partial charge in [-0.25, -0.2) is 0 Å². The van der Waals surface area contributed by atoms with Crippen LogP contribution in [0, 0.1) is 0 Å². The van der Waals surface area contributed by atoms with E-state index in [2.05, 4.69) is 11.9 Å². The average molecular weight is 281 g/mol. The van der Waals surface area contributed by atoms with Crippen molar-refractivity contribution in [3.8, 4) is 0 Å². The largest absolute Gasteiger partial charge is 0.339 e. The first-order chi connectivity index (χ1) is 8.91. The predicted octanol–water partition coefficient (Wildman–Crippen LogP) is 2.39. The minimum atomic E-state index is -0.500. The molecule has 0 bridgehead atoms. The fourth-order valence-corrected chi connectivity index (χ4v) is 2.52. The maximum absolute atomic E-state index is 12.7. The number of carbonyl (C=O) groups excluding carboxylic acids is 1. The summed E-state index contributed by atoms with van der Waals surface area (Å²) in [5, 5.41) is 0.701. The number of piperazine rings is 1. The van der Waals surface area contributed by atoms with Gasteiger partial charge in [-0.2, -0.15) is 0 Å². The van der Waals surface area contributed by atoms with E-state index in [1.807, 2.05) is 43.0 Å². The summed E-state index contributed by atoms with van der Waals surface area (Å²) >= 11 is 5.91. The molecule has 0 N–H and O–H groups in total. The molecule has 2 rings (SSSR count). The van der Waals surface area contributed by atoms with Crippen molar-refractivity contribution in [2.75, 3.05) is 33.2 Å². The highest BCUT2D eigenvalue weighted by Crippen LogP contribution is 2.27. The number of hydrogen-bond acceptors (Lipinski definition) is 2. The molecule has 3 nitrogen and oxygen atoms in total. The fourth-order valence-electron chi connectivity index (χ4n) is 2.39. The Hall–Kier alpha value is -1.06. The zero-order valence-electron chi connectivity index (χ0n) is 11.8. The topological polar surface area (TPSA) is 23.6 Å². The molecule has 0 aliphatic carbocycles. The van der Waals surface area contributed by atoms with Gasteiger partial charge < -0.3 is 9.80 Å². The predicted molar refractivity (Wildman–Crippen MR) is 78.6 cm³/mol. The van der Waals surface area contributed by atoms with Gasteiger partial charge in [-0.3, -0.25) is 4.79 Å². The van der Waals surface area contributed by atoms with E-state index in [0.29, 0.717) is 5.02 Å². The maximum atomic E-state index is 12.7. The van der Waals surface area contributed by atoms with Gasteiger partial charge in [0.05, 0.1) is 5.41 Å². The van der Waals surface area contributed by atoms with E-state index >= 15 is 0 Å². The van der Waals surface area contributed by atoms with Gasteiger partial charge in [-0.05, 0) is 38.6 Å². The first-order valence-electron chi connectivity index (χ1n) is 6.65. The second-order valence-electron chi connectivity index (χ2n) is 5.73. The van der Waals surface area contributed by atoms with Crippen molar-refractivity contribution in [1.82, 2.24) is 9.80 Å². The summed E-state index contributed by atoms with van der Waals surface area (Å²) in [7, 11) is 2.09. The van der Waals surface area contributed by atoms with Gasteiger partial charge >= 0.3 is 0 Å². The van der Waals surface area contributed by atoms with E-state index in [9.17, 15) is 4.79 Å². The molecule has 104 valence electrons. The number of hydrogen-bond donors (Lipinski definition) is 0. The van der Waals surface area contributed by atoms with Crippen molar-refractivity contribution in [2.24, 2.45) is 0 Å². The molecule has 0 saturated carbocycles. The van der Waals surface area contributed by atoms with Crippen LogP contribution in [-0.2, 0) is 10.2 Å². The van der Waals surface area contributed by atoms with E-state index in [0.717, 1.165) is 31.7 Å². The number of benzene rings is 1. The minimum absolute atomic E-state index is 0.197. The number of likely N-dealkylation sites (N-methyl/N-ethyl adjacent to an activating group) is 1. The SMILES string of the molecule is CN1CCN(C(=O)C(C)(C)c2ccc(Cl)cc2)CC1. The van der Waals surface area contributed by atoms with Gasteiger partial charge in [-0.15, -0.1) is 0 Å². The number of halogens is 1. The summed E-state index contributed by atoms with van der Waals surface area (Å²) < 4.78 is 0. The summed E-state index contributed by atoms with van der Waals surface area (Å²) in [4.78, 5) is 16.9. The summed E-state index contributed by atoms with van der Waals surface area (Å²) in [5.41, 5.74) is 0.515. The van der Waals surface area contributed by atoms with Crippen molar-refractivity contribution in [3.63, 3.8) is 0 Å². The number of rotatable bonds is 2. The van der Waals surface area contributed by atoms with Gasteiger partial charge in [0, 0.05) is 31.2 Å². The Morgan fingerprint density at radius 1 is 1.11 bits per heavy atom. The Balaban J connectivity index is 2.14. The molecule has 0 spiro atoms. The molecule has 1 aromatic rings. The molecule has 4 heteroatoms. The second kappa shape index (κ2) is 5.51. The third kappa shape index (κ3) is 3.10. The zero-order valence-corrected chi connectivity index (χ0v) is 12.6. The molecule has 0 radical (unpaired) electrons. The standard InChI is InChI=1S/C15H21ClN2O/c1-15(2,12-4-6-13(16)7-5-12)14(19)18-10-8-17(3)9-11-18/h4-7H,8-11H2,1-3H3. The van der Waals surface area contributed by atoms with Crippen LogP contribution < -0.4 is 0 Å². The van der Waals surface area contributed by atoms with Crippen LogP contribution in [0.25, 0.3) is 0 Å². The molecule has 19 heavy (non-hydrogen) atoms. The van der Waals surface area contributed by atoms with E-state index < -0.39 is 5.41 Å². The van der Waals surface area contributed by atoms with E-state index in [1.165, 1.54) is 0 Å². The molecule has 1 aliphatic heterocycles. The molecule has 1 aliphatic rings. The van der Waals surface area contributed by atoms with Crippen LogP contribution in [0.4, 0.5) is 0 Å². The van der Waals surface area contributed by atoms with Crippen molar-refractivity contribution in [2.45, 2.75) is 19.3 Å². The molecule has 1 aromatic carbocycles. The number of amides is 1. The van der Waals surface area contributed by atoms with Crippen LogP contribution in [0.3, 0.4) is 0 Å². The average Bonchev–Trinajstić information content (AvgIpc) is 2.39. The Morgan fingerprint density at radius 3 is 2.16 bits per heavy atom. The van der Waals surface area contributed by atoms with E-state index in [4.69, 9.17) is 11.6 Å². The lowest BCUT2D eigenvalue weighted by Crippen LogP contribution is -2.52. The van der Waals surface area contributed by atoms with E-state index in [-0.39, 0.29) is 5.91 Å². The highest BCUT2D eigenvalue weighted by molar-refractivity contribution is 6.30. The van der Waals surface area contributed by atoms with Gasteiger partial charge in [0.25, 0.3) is 0 Å². The molecule has 0 unspecified atom stereocenters. The van der Waals surface area contributed by atoms with Gasteiger partial charge in [-0.1, -0.05) is 23.7 Å². The molecule has 1 fully saturated rings. The van der Waals surface area contributed by atoms with Crippen molar-refractivity contribution in [1.29, 1.82) is 0 Å². The molecular weight excluding hydrogens is 260 g/mol. The number of carbonyl (C=O) groups is 1. The quantitative estimate of drug-likeness (QED) is 0.830. The molecule has 1 saturated heterocycles. The Kier molecular flexibility index (Phi) is 4.16. The summed E-state index contributed by atoms with van der Waals surface area (Å²) in [6.45, 7) is 7.48. The summed E-state index contributed by atoms with van der Waals surface area (Å²) in [5.74, 6) is 0.197. The second-order valence-corrected chi connectivity index (χ2v) is 6.16. The molecule has 0 aromatic heterocycles.